The second-order valence-corrected chi connectivity index (χ2v) is 7.10. The molecule has 2 nitrogen and oxygen atoms in total. The number of hydrogen-bond donors (Lipinski definition) is 0. The van der Waals surface area contributed by atoms with Crippen LogP contribution >= 0.6 is 0 Å². The van der Waals surface area contributed by atoms with Crippen LogP contribution in [0.2, 0.25) is 0 Å². The topological polar surface area (TPSA) is 26.3 Å². The maximum atomic E-state index is 11.9. The Labute approximate surface area is 92.3 Å². The molecule has 0 fully saturated rings. The van der Waals surface area contributed by atoms with E-state index in [9.17, 15) is 17.4 Å². The fourth-order valence-electron chi connectivity index (χ4n) is 0.877. The number of aryl methyl sites for hydroxylation is 1. The third kappa shape index (κ3) is 3.95. The number of alkyl halides is 3. The van der Waals surface area contributed by atoms with Crippen molar-refractivity contribution in [3.8, 4) is 0 Å². The number of rotatable bonds is 2. The summed E-state index contributed by atoms with van der Waals surface area (Å²) in [4.78, 5) is -0.0228. The van der Waals surface area contributed by atoms with Crippen LogP contribution in [0.1, 0.15) is 5.56 Å². The molecular formula is C8H7F3O2SSe. The first kappa shape index (κ1) is 12.7. The fraction of sp³-hybridized carbons (Fsp3) is 0.250. The molecule has 0 aliphatic heterocycles. The first-order valence-electron chi connectivity index (χ1n) is 3.80. The van der Waals surface area contributed by atoms with E-state index >= 15 is 0 Å². The molecule has 0 amide bonds. The van der Waals surface area contributed by atoms with E-state index in [1.807, 2.05) is 14.4 Å². The van der Waals surface area contributed by atoms with Crippen molar-refractivity contribution in [3.63, 3.8) is 0 Å². The quantitative estimate of drug-likeness (QED) is 0.783. The summed E-state index contributed by atoms with van der Waals surface area (Å²) in [5, 5.41) is 0. The Morgan fingerprint density at radius 2 is 1.73 bits per heavy atom. The van der Waals surface area contributed by atoms with Gasteiger partial charge in [-0.15, -0.1) is 0 Å². The summed E-state index contributed by atoms with van der Waals surface area (Å²) in [7, 11) is -3.63. The van der Waals surface area contributed by atoms with E-state index in [0.29, 0.717) is 0 Å². The van der Waals surface area contributed by atoms with Crippen LogP contribution < -0.4 is 0 Å². The third-order valence-electron chi connectivity index (χ3n) is 1.51. The van der Waals surface area contributed by atoms with Gasteiger partial charge in [0.1, 0.15) is 0 Å². The van der Waals surface area contributed by atoms with Crippen molar-refractivity contribution < 1.29 is 21.6 Å². The van der Waals surface area contributed by atoms with Crippen LogP contribution in [0.5, 0.6) is 0 Å². The van der Waals surface area contributed by atoms with Gasteiger partial charge >= 0.3 is 92.1 Å². The molecule has 0 bridgehead atoms. The molecule has 0 aliphatic rings. The van der Waals surface area contributed by atoms with Crippen molar-refractivity contribution in [1.82, 2.24) is 0 Å². The molecule has 0 aliphatic carbocycles. The van der Waals surface area contributed by atoms with Gasteiger partial charge in [-0.2, -0.15) is 0 Å². The summed E-state index contributed by atoms with van der Waals surface area (Å²) in [6.45, 7) is 1.77. The Balaban J connectivity index is 3.02. The molecule has 7 heteroatoms. The van der Waals surface area contributed by atoms with Crippen LogP contribution in [-0.2, 0) is 12.3 Å². The zero-order valence-corrected chi connectivity index (χ0v) is 10.1. The molecule has 1 rings (SSSR count). The number of halogens is 3. The average molecular weight is 303 g/mol. The Morgan fingerprint density at radius 3 is 2.13 bits per heavy atom. The van der Waals surface area contributed by atoms with E-state index in [2.05, 4.69) is 4.18 Å². The summed E-state index contributed by atoms with van der Waals surface area (Å²) in [6, 6.07) is 5.79. The van der Waals surface area contributed by atoms with Crippen LogP contribution in [0, 0.1) is 6.92 Å². The van der Waals surface area contributed by atoms with Crippen molar-refractivity contribution >= 4 is 22.5 Å². The molecule has 0 spiro atoms. The van der Waals surface area contributed by atoms with E-state index in [-0.39, 0.29) is 4.90 Å². The molecule has 0 saturated heterocycles. The van der Waals surface area contributed by atoms with Crippen LogP contribution in [0.15, 0.2) is 29.2 Å². The number of hydrogen-bond acceptors (Lipinski definition) is 2. The van der Waals surface area contributed by atoms with Crippen molar-refractivity contribution in [2.45, 2.75) is 18.2 Å². The maximum absolute atomic E-state index is 11.9. The van der Waals surface area contributed by atoms with Gasteiger partial charge in [0.15, 0.2) is 0 Å². The van der Waals surface area contributed by atoms with Gasteiger partial charge in [0.05, 0.1) is 0 Å². The molecule has 1 aromatic rings. The van der Waals surface area contributed by atoms with Gasteiger partial charge in [0.2, 0.25) is 0 Å². The van der Waals surface area contributed by atoms with Gasteiger partial charge in [-0.05, 0) is 0 Å². The minimum absolute atomic E-state index is 0.0228. The van der Waals surface area contributed by atoms with E-state index in [0.717, 1.165) is 5.56 Å². The average Bonchev–Trinajstić information content (AvgIpc) is 2.00. The Bertz CT molecular complexity index is 436. The van der Waals surface area contributed by atoms with Gasteiger partial charge in [-0.3, -0.25) is 0 Å². The monoisotopic (exact) mass is 304 g/mol. The third-order valence-corrected chi connectivity index (χ3v) is 4.41. The zero-order chi connectivity index (χ0) is 11.7. The Kier molecular flexibility index (Phi) is 3.60. The van der Waals surface area contributed by atoms with Gasteiger partial charge < -0.3 is 0 Å². The molecule has 1 atom stereocenters. The van der Waals surface area contributed by atoms with Crippen molar-refractivity contribution in [2.24, 2.45) is 0 Å². The molecule has 0 aromatic heterocycles. The molecule has 84 valence electrons. The SMILES string of the molecule is Cc1ccc(S(=O)(=[Se])OC(F)(F)F)cc1. The van der Waals surface area contributed by atoms with Crippen LogP contribution in [0.4, 0.5) is 13.2 Å². The first-order valence-corrected chi connectivity index (χ1v) is 7.30. The van der Waals surface area contributed by atoms with Crippen LogP contribution in [0.25, 0.3) is 0 Å². The molecular weight excluding hydrogens is 296 g/mol. The Morgan fingerprint density at radius 1 is 1.27 bits per heavy atom. The summed E-state index contributed by atoms with van der Waals surface area (Å²) in [5.41, 5.74) is 0.862. The molecule has 0 heterocycles. The standard InChI is InChI=1S/C8H7F3O2SSe/c1-6-2-4-7(5-3-6)14(12,15)13-8(9,10)11/h2-5H,1H3. The predicted octanol–water partition coefficient (Wildman–Crippen LogP) is 2.17. The summed E-state index contributed by atoms with van der Waals surface area (Å²) >= 11 is 1.93. The van der Waals surface area contributed by atoms with E-state index < -0.39 is 14.5 Å². The Hall–Kier alpha value is -0.361. The summed E-state index contributed by atoms with van der Waals surface area (Å²) < 4.78 is 50.7. The van der Waals surface area contributed by atoms with E-state index in [4.69, 9.17) is 0 Å². The van der Waals surface area contributed by atoms with Gasteiger partial charge in [-0.25, -0.2) is 0 Å². The second kappa shape index (κ2) is 4.25. The first-order chi connectivity index (χ1) is 6.71. The van der Waals surface area contributed by atoms with Crippen LogP contribution in [0.3, 0.4) is 0 Å². The van der Waals surface area contributed by atoms with E-state index in [1.54, 1.807) is 19.1 Å². The molecule has 1 unspecified atom stereocenters. The predicted molar refractivity (Wildman–Crippen MR) is 50.5 cm³/mol. The fourth-order valence-corrected chi connectivity index (χ4v) is 2.88. The molecule has 0 N–H and O–H groups in total. The summed E-state index contributed by atoms with van der Waals surface area (Å²) in [6.07, 6.45) is -4.92. The van der Waals surface area contributed by atoms with Crippen molar-refractivity contribution in [3.05, 3.63) is 29.8 Å². The molecule has 0 saturated carbocycles. The number of benzene rings is 1. The van der Waals surface area contributed by atoms with Gasteiger partial charge in [0.25, 0.3) is 0 Å². The van der Waals surface area contributed by atoms with Gasteiger partial charge in [0, 0.05) is 0 Å². The van der Waals surface area contributed by atoms with Crippen molar-refractivity contribution in [1.29, 1.82) is 0 Å². The van der Waals surface area contributed by atoms with E-state index in [1.165, 1.54) is 12.1 Å². The van der Waals surface area contributed by atoms with Gasteiger partial charge in [-0.1, -0.05) is 0 Å². The second-order valence-electron chi connectivity index (χ2n) is 2.80. The minimum atomic E-state index is -4.92. The van der Waals surface area contributed by atoms with Crippen molar-refractivity contribution in [2.75, 3.05) is 0 Å². The normalized spacial score (nSPS) is 16.0. The zero-order valence-electron chi connectivity index (χ0n) is 7.58. The molecule has 0 radical (unpaired) electrons. The molecule has 15 heavy (non-hydrogen) atoms. The van der Waals surface area contributed by atoms with Crippen LogP contribution in [-0.4, -0.2) is 25.0 Å². The molecule has 1 aromatic carbocycles. The summed E-state index contributed by atoms with van der Waals surface area (Å²) in [5.74, 6) is 0.